The number of allylic oxidation sites excluding steroid dienone is 1. The fraction of sp³-hybridized carbons (Fsp3) is 0.413. The number of carbonyl (C=O) groups is 1. The number of ether oxygens (including phenoxy) is 2. The van der Waals surface area contributed by atoms with Crippen molar-refractivity contribution in [3.05, 3.63) is 105 Å². The van der Waals surface area contributed by atoms with Crippen molar-refractivity contribution in [3.8, 4) is 17.4 Å². The van der Waals surface area contributed by atoms with Crippen LogP contribution in [0.15, 0.2) is 83.4 Å². The summed E-state index contributed by atoms with van der Waals surface area (Å²) in [7, 11) is -4.44. The second-order valence-corrected chi connectivity index (χ2v) is 20.3. The summed E-state index contributed by atoms with van der Waals surface area (Å²) < 4.78 is 41.8. The molecule has 2 aromatic heterocycles. The van der Waals surface area contributed by atoms with Gasteiger partial charge in [0.2, 0.25) is 5.88 Å². The second-order valence-electron chi connectivity index (χ2n) is 17.4. The molecule has 0 bridgehead atoms. The minimum Gasteiger partial charge on any atom is -0.476 e. The number of anilines is 1. The maximum absolute atomic E-state index is 14.0. The Labute approximate surface area is 377 Å². The van der Waals surface area contributed by atoms with Gasteiger partial charge in [0.25, 0.3) is 15.9 Å². The van der Waals surface area contributed by atoms with Crippen LogP contribution in [0.2, 0.25) is 15.2 Å². The standard InChI is InChI=1S/C46H51Cl3N6O6S/c1-46(2)17-16-32(37(24-46)31-10-12-33(47)13-11-31)26-54-18-20-55(21-19-54)34-14-15-36(41(22-34)61-40-5-3-4-39-42(40)43(49)52-51-39)44(57)53-62(58,59)35-23-38(48)45(50-25-35)60-28-30-8-6-29(27-56)7-9-30/h3-5,10-15,22-23,25,29-30,56H,6-9,16-21,24,26-28H2,1-2H3,(H,51,52)(H,53,57). The second kappa shape index (κ2) is 18.8. The summed E-state index contributed by atoms with van der Waals surface area (Å²) in [4.78, 5) is 22.6. The molecule has 8 rings (SSSR count). The number of fused-ring (bicyclic) bond motifs is 1. The zero-order valence-electron chi connectivity index (χ0n) is 34.8. The lowest BCUT2D eigenvalue weighted by molar-refractivity contribution is 0.0979. The molecular weight excluding hydrogens is 871 g/mol. The first kappa shape index (κ1) is 44.2. The van der Waals surface area contributed by atoms with Gasteiger partial charge in [0.1, 0.15) is 26.6 Å². The Hall–Kier alpha value is -4.37. The number of aromatic nitrogens is 3. The van der Waals surface area contributed by atoms with Crippen LogP contribution in [-0.4, -0.2) is 85.5 Å². The summed E-state index contributed by atoms with van der Waals surface area (Å²) in [5, 5.41) is 18.0. The molecule has 0 unspecified atom stereocenters. The van der Waals surface area contributed by atoms with Gasteiger partial charge in [0, 0.05) is 56.1 Å². The van der Waals surface area contributed by atoms with Crippen molar-refractivity contribution in [1.29, 1.82) is 0 Å². The topological polar surface area (TPSA) is 150 Å². The summed E-state index contributed by atoms with van der Waals surface area (Å²) in [6, 6.07) is 19.8. The Kier molecular flexibility index (Phi) is 13.4. The molecule has 16 heteroatoms. The predicted octanol–water partition coefficient (Wildman–Crippen LogP) is 9.79. The number of benzene rings is 3. The number of rotatable bonds is 13. The first-order valence-electron chi connectivity index (χ1n) is 21.1. The fourth-order valence-electron chi connectivity index (χ4n) is 8.75. The SMILES string of the molecule is CC1(C)CCC(CN2CCN(c3ccc(C(=O)NS(=O)(=O)c4cnc(OCC5CCC(CO)CC5)c(Cl)c4)c(Oc4cccc5n[nH]c(Cl)c45)c3)CC2)=C(c2ccc(Cl)cc2)C1. The van der Waals surface area contributed by atoms with Crippen LogP contribution < -0.4 is 19.1 Å². The van der Waals surface area contributed by atoms with Crippen molar-refractivity contribution in [1.82, 2.24) is 24.8 Å². The highest BCUT2D eigenvalue weighted by molar-refractivity contribution is 7.90. The van der Waals surface area contributed by atoms with E-state index < -0.39 is 15.9 Å². The van der Waals surface area contributed by atoms with E-state index in [4.69, 9.17) is 44.3 Å². The summed E-state index contributed by atoms with van der Waals surface area (Å²) in [6.45, 7) is 9.25. The van der Waals surface area contributed by atoms with Gasteiger partial charge < -0.3 is 19.5 Å². The van der Waals surface area contributed by atoms with Crippen LogP contribution in [0.1, 0.15) is 74.7 Å². The maximum atomic E-state index is 14.0. The zero-order chi connectivity index (χ0) is 43.6. The number of aliphatic hydroxyl groups excluding tert-OH is 1. The lowest BCUT2D eigenvalue weighted by Crippen LogP contribution is -2.47. The Balaban J connectivity index is 0.991. The number of nitrogens with zero attached hydrogens (tertiary/aromatic N) is 4. The lowest BCUT2D eigenvalue weighted by atomic mass is 9.72. The Morgan fingerprint density at radius 3 is 2.42 bits per heavy atom. The van der Waals surface area contributed by atoms with Crippen molar-refractivity contribution in [2.24, 2.45) is 17.3 Å². The van der Waals surface area contributed by atoms with Crippen molar-refractivity contribution in [3.63, 3.8) is 0 Å². The first-order valence-corrected chi connectivity index (χ1v) is 23.7. The first-order chi connectivity index (χ1) is 29.7. The summed E-state index contributed by atoms with van der Waals surface area (Å²) in [6.07, 6.45) is 8.01. The highest BCUT2D eigenvalue weighted by atomic mass is 35.5. The minimum atomic E-state index is -4.44. The predicted molar refractivity (Wildman–Crippen MR) is 244 cm³/mol. The van der Waals surface area contributed by atoms with Crippen LogP contribution in [-0.2, 0) is 10.0 Å². The molecule has 12 nitrogen and oxygen atoms in total. The average Bonchev–Trinajstić information content (AvgIpc) is 3.65. The van der Waals surface area contributed by atoms with Crippen molar-refractivity contribution in [2.75, 3.05) is 50.8 Å². The van der Waals surface area contributed by atoms with Gasteiger partial charge in [-0.25, -0.2) is 18.1 Å². The number of halogens is 3. The van der Waals surface area contributed by atoms with E-state index in [1.807, 2.05) is 12.1 Å². The smallest absolute Gasteiger partial charge is 0.268 e. The van der Waals surface area contributed by atoms with E-state index in [0.29, 0.717) is 29.2 Å². The van der Waals surface area contributed by atoms with Gasteiger partial charge in [0.15, 0.2) is 0 Å². The molecule has 62 heavy (non-hydrogen) atoms. The number of carbonyl (C=O) groups excluding carboxylic acids is 1. The number of aliphatic hydroxyl groups is 1. The third-order valence-electron chi connectivity index (χ3n) is 12.5. The molecule has 0 atom stereocenters. The molecule has 2 fully saturated rings. The van der Waals surface area contributed by atoms with E-state index >= 15 is 0 Å². The lowest BCUT2D eigenvalue weighted by Gasteiger charge is -2.39. The molecule has 328 valence electrons. The monoisotopic (exact) mass is 920 g/mol. The van der Waals surface area contributed by atoms with E-state index in [1.54, 1.807) is 36.4 Å². The van der Waals surface area contributed by atoms with Gasteiger partial charge in [-0.05, 0) is 116 Å². The third-order valence-corrected chi connectivity index (χ3v) is 14.6. The molecule has 1 saturated carbocycles. The molecule has 1 aliphatic heterocycles. The van der Waals surface area contributed by atoms with Crippen LogP contribution in [0.3, 0.4) is 0 Å². The summed E-state index contributed by atoms with van der Waals surface area (Å²) in [5.74, 6) is 0.286. The molecule has 5 aromatic rings. The fourth-order valence-corrected chi connectivity index (χ4v) is 10.3. The molecular formula is C46H51Cl3N6O6S. The van der Waals surface area contributed by atoms with E-state index in [0.717, 1.165) is 94.6 Å². The van der Waals surface area contributed by atoms with E-state index in [2.05, 4.69) is 55.7 Å². The van der Waals surface area contributed by atoms with Crippen LogP contribution >= 0.6 is 34.8 Å². The molecule has 3 aliphatic rings. The number of sulfonamides is 1. The van der Waals surface area contributed by atoms with Crippen LogP contribution in [0.4, 0.5) is 5.69 Å². The summed E-state index contributed by atoms with van der Waals surface area (Å²) >= 11 is 19.2. The highest BCUT2D eigenvalue weighted by Gasteiger charge is 2.31. The van der Waals surface area contributed by atoms with E-state index in [9.17, 15) is 18.3 Å². The Morgan fingerprint density at radius 1 is 0.952 bits per heavy atom. The van der Waals surface area contributed by atoms with Gasteiger partial charge in [0.05, 0.1) is 29.3 Å². The molecule has 0 radical (unpaired) electrons. The van der Waals surface area contributed by atoms with Crippen molar-refractivity contribution >= 4 is 72.9 Å². The Bertz CT molecular complexity index is 2570. The molecule has 0 spiro atoms. The number of nitrogens with one attached hydrogen (secondary N) is 2. The number of pyridine rings is 1. The van der Waals surface area contributed by atoms with Crippen molar-refractivity contribution < 1.29 is 27.8 Å². The number of amides is 1. The number of aromatic amines is 1. The third kappa shape index (κ3) is 10.2. The zero-order valence-corrected chi connectivity index (χ0v) is 37.9. The van der Waals surface area contributed by atoms with Crippen LogP contribution in [0.5, 0.6) is 17.4 Å². The Morgan fingerprint density at radius 2 is 1.69 bits per heavy atom. The van der Waals surface area contributed by atoms with Gasteiger partial charge in [-0.1, -0.05) is 72.4 Å². The van der Waals surface area contributed by atoms with E-state index in [-0.39, 0.29) is 50.2 Å². The molecule has 3 aromatic carbocycles. The minimum absolute atomic E-state index is 0.00402. The van der Waals surface area contributed by atoms with Gasteiger partial charge >= 0.3 is 0 Å². The highest BCUT2D eigenvalue weighted by Crippen LogP contribution is 2.44. The summed E-state index contributed by atoms with van der Waals surface area (Å²) in [5.41, 5.74) is 5.73. The van der Waals surface area contributed by atoms with Gasteiger partial charge in [-0.2, -0.15) is 5.10 Å². The molecule has 2 aliphatic carbocycles. The normalized spacial score (nSPS) is 19.7. The largest absolute Gasteiger partial charge is 0.476 e. The quantitative estimate of drug-likeness (QED) is 0.104. The van der Waals surface area contributed by atoms with Gasteiger partial charge in [-0.3, -0.25) is 14.8 Å². The molecule has 3 heterocycles. The number of H-pyrrole nitrogens is 1. The van der Waals surface area contributed by atoms with E-state index in [1.165, 1.54) is 22.8 Å². The maximum Gasteiger partial charge on any atom is 0.268 e. The van der Waals surface area contributed by atoms with Gasteiger partial charge in [-0.15, -0.1) is 0 Å². The average molecular weight is 922 g/mol. The van der Waals surface area contributed by atoms with Crippen LogP contribution in [0.25, 0.3) is 16.5 Å². The molecule has 1 saturated heterocycles. The van der Waals surface area contributed by atoms with Crippen molar-refractivity contribution in [2.45, 2.75) is 63.7 Å². The molecule has 3 N–H and O–H groups in total. The molecule has 1 amide bonds. The van der Waals surface area contributed by atoms with Crippen LogP contribution in [0, 0.1) is 17.3 Å². The number of piperazine rings is 1. The number of hydrogen-bond donors (Lipinski definition) is 3. The number of hydrogen-bond acceptors (Lipinski definition) is 10.